The Morgan fingerprint density at radius 1 is 1.62 bits per heavy atom. The number of anilines is 1. The van der Waals surface area contributed by atoms with Crippen LogP contribution in [0, 0.1) is 0 Å². The zero-order chi connectivity index (χ0) is 9.84. The average Bonchev–Trinajstić information content (AvgIpc) is 2.08. The first-order valence-electron chi connectivity index (χ1n) is 3.61. The van der Waals surface area contributed by atoms with Crippen LogP contribution in [-0.2, 0) is 11.2 Å². The molecule has 0 radical (unpaired) electrons. The zero-order valence-corrected chi connectivity index (χ0v) is 7.51. The summed E-state index contributed by atoms with van der Waals surface area (Å²) in [6.07, 6.45) is -0.140. The summed E-state index contributed by atoms with van der Waals surface area (Å²) in [6.45, 7) is 0. The van der Waals surface area contributed by atoms with Crippen molar-refractivity contribution in [3.63, 3.8) is 0 Å². The van der Waals surface area contributed by atoms with Crippen molar-refractivity contribution in [2.45, 2.75) is 6.42 Å². The number of nitrogens with two attached hydrogens (primary N) is 1. The molecule has 1 rings (SSSR count). The summed E-state index contributed by atoms with van der Waals surface area (Å²) in [5.74, 6) is 4.25. The van der Waals surface area contributed by atoms with E-state index in [1.54, 1.807) is 18.2 Å². The summed E-state index contributed by atoms with van der Waals surface area (Å²) in [6, 6.07) is 4.99. The summed E-state index contributed by atoms with van der Waals surface area (Å²) in [5, 5.41) is 8.98. The van der Waals surface area contributed by atoms with E-state index in [2.05, 4.69) is 5.43 Å². The van der Waals surface area contributed by atoms with Gasteiger partial charge in [-0.3, -0.25) is 10.6 Å². The maximum atomic E-state index is 10.5. The minimum absolute atomic E-state index is 0.140. The molecule has 0 aliphatic rings. The van der Waals surface area contributed by atoms with Crippen molar-refractivity contribution in [2.75, 3.05) is 5.43 Å². The van der Waals surface area contributed by atoms with Crippen LogP contribution in [0.15, 0.2) is 18.2 Å². The van der Waals surface area contributed by atoms with Gasteiger partial charge in [0.05, 0.1) is 12.1 Å². The molecule has 13 heavy (non-hydrogen) atoms. The third kappa shape index (κ3) is 2.34. The van der Waals surface area contributed by atoms with E-state index in [9.17, 15) is 4.79 Å². The number of nitrogens with one attached hydrogen (secondary N) is 1. The Hall–Kier alpha value is -1.26. The molecule has 0 fully saturated rings. The van der Waals surface area contributed by atoms with Crippen molar-refractivity contribution in [3.8, 4) is 0 Å². The Bertz CT molecular complexity index is 328. The predicted molar refractivity (Wildman–Crippen MR) is 50.6 cm³/mol. The Labute approximate surface area is 80.3 Å². The molecule has 0 atom stereocenters. The number of carbonyl (C=O) groups is 1. The van der Waals surface area contributed by atoms with Gasteiger partial charge in [0, 0.05) is 10.6 Å². The Morgan fingerprint density at radius 2 is 2.31 bits per heavy atom. The minimum Gasteiger partial charge on any atom is -0.481 e. The first-order chi connectivity index (χ1) is 6.15. The highest BCUT2D eigenvalue weighted by molar-refractivity contribution is 6.31. The maximum Gasteiger partial charge on any atom is 0.307 e. The molecular formula is C8H9ClN2O2. The van der Waals surface area contributed by atoms with Crippen LogP contribution in [0.25, 0.3) is 0 Å². The number of halogens is 1. The number of carboxylic acids is 1. The van der Waals surface area contributed by atoms with Gasteiger partial charge in [-0.25, -0.2) is 0 Å². The molecule has 0 bridgehead atoms. The van der Waals surface area contributed by atoms with Crippen LogP contribution in [-0.4, -0.2) is 11.1 Å². The monoisotopic (exact) mass is 200 g/mol. The number of hydrogen-bond acceptors (Lipinski definition) is 3. The number of benzene rings is 1. The van der Waals surface area contributed by atoms with Gasteiger partial charge >= 0.3 is 5.97 Å². The van der Waals surface area contributed by atoms with Gasteiger partial charge in [0.25, 0.3) is 0 Å². The summed E-state index contributed by atoms with van der Waals surface area (Å²) >= 11 is 5.79. The molecule has 0 amide bonds. The number of rotatable bonds is 3. The summed E-state index contributed by atoms with van der Waals surface area (Å²) < 4.78 is 0. The number of hydrogen-bond donors (Lipinski definition) is 3. The van der Waals surface area contributed by atoms with Gasteiger partial charge in [-0.1, -0.05) is 17.7 Å². The topological polar surface area (TPSA) is 75.3 Å². The molecule has 0 aliphatic heterocycles. The third-order valence-electron chi connectivity index (χ3n) is 1.60. The fourth-order valence-electron chi connectivity index (χ4n) is 1.02. The van der Waals surface area contributed by atoms with E-state index in [0.29, 0.717) is 16.3 Å². The Morgan fingerprint density at radius 3 is 2.85 bits per heavy atom. The normalized spacial score (nSPS) is 9.69. The molecule has 70 valence electrons. The highest BCUT2D eigenvalue weighted by atomic mass is 35.5. The SMILES string of the molecule is NNc1cccc(Cl)c1CC(=O)O. The number of nitrogen functional groups attached to an aromatic ring is 1. The molecule has 0 aliphatic carbocycles. The van der Waals surface area contributed by atoms with Gasteiger partial charge < -0.3 is 10.5 Å². The second-order valence-corrected chi connectivity index (χ2v) is 2.89. The van der Waals surface area contributed by atoms with Crippen molar-refractivity contribution in [3.05, 3.63) is 28.8 Å². The van der Waals surface area contributed by atoms with Gasteiger partial charge in [-0.05, 0) is 12.1 Å². The molecule has 0 saturated heterocycles. The van der Waals surface area contributed by atoms with Crippen molar-refractivity contribution >= 4 is 23.3 Å². The van der Waals surface area contributed by atoms with Crippen molar-refractivity contribution in [1.29, 1.82) is 0 Å². The quantitative estimate of drug-likeness (QED) is 0.507. The zero-order valence-electron chi connectivity index (χ0n) is 6.75. The third-order valence-corrected chi connectivity index (χ3v) is 1.96. The number of aliphatic carboxylic acids is 1. The molecule has 4 nitrogen and oxygen atoms in total. The molecule has 0 saturated carbocycles. The average molecular weight is 201 g/mol. The molecule has 1 aromatic rings. The van der Waals surface area contributed by atoms with Gasteiger partial charge in [0.1, 0.15) is 0 Å². The first kappa shape index (κ1) is 9.83. The summed E-state index contributed by atoms with van der Waals surface area (Å²) in [7, 11) is 0. The van der Waals surface area contributed by atoms with Gasteiger partial charge in [0.15, 0.2) is 0 Å². The van der Waals surface area contributed by atoms with E-state index in [0.717, 1.165) is 0 Å². The lowest BCUT2D eigenvalue weighted by Crippen LogP contribution is -2.11. The van der Waals surface area contributed by atoms with Crippen LogP contribution in [0.5, 0.6) is 0 Å². The van der Waals surface area contributed by atoms with Crippen molar-refractivity contribution in [1.82, 2.24) is 0 Å². The molecule has 5 heteroatoms. The van der Waals surface area contributed by atoms with E-state index < -0.39 is 5.97 Å². The van der Waals surface area contributed by atoms with E-state index in [1.807, 2.05) is 0 Å². The molecule has 0 aromatic heterocycles. The predicted octanol–water partition coefficient (Wildman–Crippen LogP) is 1.25. The number of carboxylic acid groups (broad SMARTS) is 1. The van der Waals surface area contributed by atoms with Gasteiger partial charge in [-0.2, -0.15) is 0 Å². The molecule has 4 N–H and O–H groups in total. The number of hydrazine groups is 1. The molecule has 1 aromatic carbocycles. The van der Waals surface area contributed by atoms with Gasteiger partial charge in [-0.15, -0.1) is 0 Å². The van der Waals surface area contributed by atoms with Crippen LogP contribution in [0.2, 0.25) is 5.02 Å². The largest absolute Gasteiger partial charge is 0.481 e. The highest BCUT2D eigenvalue weighted by Crippen LogP contribution is 2.23. The fourth-order valence-corrected chi connectivity index (χ4v) is 1.27. The van der Waals surface area contributed by atoms with Crippen molar-refractivity contribution in [2.24, 2.45) is 5.84 Å². The molecule has 0 spiro atoms. The van der Waals surface area contributed by atoms with Crippen LogP contribution in [0.3, 0.4) is 0 Å². The van der Waals surface area contributed by atoms with Crippen LogP contribution in [0.1, 0.15) is 5.56 Å². The maximum absolute atomic E-state index is 10.5. The fraction of sp³-hybridized carbons (Fsp3) is 0.125. The highest BCUT2D eigenvalue weighted by Gasteiger charge is 2.09. The lowest BCUT2D eigenvalue weighted by atomic mass is 10.1. The smallest absolute Gasteiger partial charge is 0.307 e. The first-order valence-corrected chi connectivity index (χ1v) is 3.98. The minimum atomic E-state index is -0.940. The van der Waals surface area contributed by atoms with E-state index >= 15 is 0 Å². The standard InChI is InChI=1S/C8H9ClN2O2/c9-6-2-1-3-7(11-10)5(6)4-8(12)13/h1-3,11H,4,10H2,(H,12,13). The lowest BCUT2D eigenvalue weighted by molar-refractivity contribution is -0.136. The van der Waals surface area contributed by atoms with E-state index in [-0.39, 0.29) is 6.42 Å². The molecule has 0 heterocycles. The van der Waals surface area contributed by atoms with E-state index in [4.69, 9.17) is 22.6 Å². The van der Waals surface area contributed by atoms with E-state index in [1.165, 1.54) is 0 Å². The Balaban J connectivity index is 3.07. The second kappa shape index (κ2) is 4.11. The van der Waals surface area contributed by atoms with Crippen LogP contribution >= 0.6 is 11.6 Å². The van der Waals surface area contributed by atoms with Crippen LogP contribution in [0.4, 0.5) is 5.69 Å². The lowest BCUT2D eigenvalue weighted by Gasteiger charge is -2.07. The van der Waals surface area contributed by atoms with Crippen molar-refractivity contribution < 1.29 is 9.90 Å². The summed E-state index contributed by atoms with van der Waals surface area (Å²) in [4.78, 5) is 10.5. The molecule has 0 unspecified atom stereocenters. The second-order valence-electron chi connectivity index (χ2n) is 2.48. The summed E-state index contributed by atoms with van der Waals surface area (Å²) in [5.41, 5.74) is 3.43. The Kier molecular flexibility index (Phi) is 3.11. The molecular weight excluding hydrogens is 192 g/mol. The van der Waals surface area contributed by atoms with Gasteiger partial charge in [0.2, 0.25) is 0 Å². The van der Waals surface area contributed by atoms with Crippen LogP contribution < -0.4 is 11.3 Å².